The molecule has 3 rings (SSSR count). The number of rotatable bonds is 7. The minimum atomic E-state index is -0.313. The third kappa shape index (κ3) is 4.75. The number of hydrogen-bond donors (Lipinski definition) is 2. The van der Waals surface area contributed by atoms with E-state index in [-0.39, 0.29) is 18.4 Å². The second-order valence-electron chi connectivity index (χ2n) is 6.32. The summed E-state index contributed by atoms with van der Waals surface area (Å²) in [7, 11) is 1.56. The van der Waals surface area contributed by atoms with Crippen LogP contribution in [0.15, 0.2) is 42.5 Å². The lowest BCUT2D eigenvalue weighted by Crippen LogP contribution is -2.25. The first-order valence-electron chi connectivity index (χ1n) is 8.53. The van der Waals surface area contributed by atoms with Crippen molar-refractivity contribution in [2.45, 2.75) is 25.8 Å². The van der Waals surface area contributed by atoms with Gasteiger partial charge in [-0.05, 0) is 55.7 Å². The first-order chi connectivity index (χ1) is 12.5. The largest absolute Gasteiger partial charge is 0.493 e. The molecule has 2 N–H and O–H groups in total. The molecule has 0 spiro atoms. The summed E-state index contributed by atoms with van der Waals surface area (Å²) in [5.41, 5.74) is 2.12. The maximum atomic E-state index is 12.1. The second kappa shape index (κ2) is 7.91. The highest BCUT2D eigenvalue weighted by atomic mass is 16.5. The summed E-state index contributed by atoms with van der Waals surface area (Å²) in [5, 5.41) is 5.66. The van der Waals surface area contributed by atoms with Crippen LogP contribution in [0, 0.1) is 6.92 Å². The summed E-state index contributed by atoms with van der Waals surface area (Å²) in [4.78, 5) is 24.2. The predicted octanol–water partition coefficient (Wildman–Crippen LogP) is 2.91. The van der Waals surface area contributed by atoms with Gasteiger partial charge in [-0.15, -0.1) is 0 Å². The highest BCUT2D eigenvalue weighted by molar-refractivity contribution is 5.97. The minimum Gasteiger partial charge on any atom is -0.493 e. The van der Waals surface area contributed by atoms with E-state index in [0.29, 0.717) is 28.8 Å². The number of methoxy groups -OCH3 is 1. The van der Waals surface area contributed by atoms with E-state index in [1.165, 1.54) is 0 Å². The standard InChI is InChI=1S/C20H22N2O4/c1-13-6-9-17(18(10-13)25-2)26-12-19(23)21-16-5-3-4-14(11-16)20(24)22-15-7-8-15/h3-6,9-11,15H,7-8,12H2,1-2H3,(H,21,23)(H,22,24). The Hall–Kier alpha value is -3.02. The molecule has 0 atom stereocenters. The van der Waals surface area contributed by atoms with Crippen LogP contribution < -0.4 is 20.1 Å². The Labute approximate surface area is 152 Å². The van der Waals surface area contributed by atoms with Crippen LogP contribution in [0.1, 0.15) is 28.8 Å². The van der Waals surface area contributed by atoms with Crippen LogP contribution in [-0.2, 0) is 4.79 Å². The third-order valence-corrected chi connectivity index (χ3v) is 4.00. The molecular formula is C20H22N2O4. The number of amides is 2. The van der Waals surface area contributed by atoms with Crippen LogP contribution >= 0.6 is 0 Å². The van der Waals surface area contributed by atoms with Crippen molar-refractivity contribution in [2.24, 2.45) is 0 Å². The molecule has 2 amide bonds. The van der Waals surface area contributed by atoms with Gasteiger partial charge in [0.1, 0.15) is 0 Å². The second-order valence-corrected chi connectivity index (χ2v) is 6.32. The fourth-order valence-electron chi connectivity index (χ4n) is 2.47. The molecule has 1 aliphatic rings. The van der Waals surface area contributed by atoms with Gasteiger partial charge in [0.2, 0.25) is 0 Å². The molecule has 1 fully saturated rings. The van der Waals surface area contributed by atoms with Crippen LogP contribution in [0.3, 0.4) is 0 Å². The van der Waals surface area contributed by atoms with Gasteiger partial charge in [-0.3, -0.25) is 9.59 Å². The highest BCUT2D eigenvalue weighted by Crippen LogP contribution is 2.27. The molecule has 0 radical (unpaired) electrons. The Morgan fingerprint density at radius 3 is 2.65 bits per heavy atom. The zero-order valence-corrected chi connectivity index (χ0v) is 14.9. The quantitative estimate of drug-likeness (QED) is 0.801. The smallest absolute Gasteiger partial charge is 0.262 e. The van der Waals surface area contributed by atoms with Crippen LogP contribution in [0.5, 0.6) is 11.5 Å². The zero-order valence-electron chi connectivity index (χ0n) is 14.9. The van der Waals surface area contributed by atoms with Crippen molar-refractivity contribution in [3.63, 3.8) is 0 Å². The molecule has 1 saturated carbocycles. The fraction of sp³-hybridized carbons (Fsp3) is 0.300. The van der Waals surface area contributed by atoms with Crippen LogP contribution in [0.25, 0.3) is 0 Å². The van der Waals surface area contributed by atoms with Crippen molar-refractivity contribution < 1.29 is 19.1 Å². The van der Waals surface area contributed by atoms with Gasteiger partial charge in [0.15, 0.2) is 18.1 Å². The molecule has 2 aromatic rings. The average Bonchev–Trinajstić information content (AvgIpc) is 3.44. The SMILES string of the molecule is COc1cc(C)ccc1OCC(=O)Nc1cccc(C(=O)NC2CC2)c1. The van der Waals surface area contributed by atoms with E-state index in [4.69, 9.17) is 9.47 Å². The van der Waals surface area contributed by atoms with Gasteiger partial charge in [-0.2, -0.15) is 0 Å². The summed E-state index contributed by atoms with van der Waals surface area (Å²) in [5.74, 6) is 0.652. The Morgan fingerprint density at radius 1 is 1.12 bits per heavy atom. The van der Waals surface area contributed by atoms with Gasteiger partial charge in [0, 0.05) is 17.3 Å². The van der Waals surface area contributed by atoms with E-state index >= 15 is 0 Å². The molecule has 2 aromatic carbocycles. The van der Waals surface area contributed by atoms with Crippen molar-refractivity contribution >= 4 is 17.5 Å². The van der Waals surface area contributed by atoms with Gasteiger partial charge in [0.25, 0.3) is 11.8 Å². The number of anilines is 1. The number of nitrogens with one attached hydrogen (secondary N) is 2. The number of hydrogen-bond acceptors (Lipinski definition) is 4. The summed E-state index contributed by atoms with van der Waals surface area (Å²) < 4.78 is 10.8. The first kappa shape index (κ1) is 17.8. The van der Waals surface area contributed by atoms with Crippen molar-refractivity contribution in [3.05, 3.63) is 53.6 Å². The molecule has 0 heterocycles. The van der Waals surface area contributed by atoms with Gasteiger partial charge < -0.3 is 20.1 Å². The molecule has 0 aromatic heterocycles. The lowest BCUT2D eigenvalue weighted by molar-refractivity contribution is -0.118. The van der Waals surface area contributed by atoms with Crippen molar-refractivity contribution in [2.75, 3.05) is 19.0 Å². The number of aryl methyl sites for hydroxylation is 1. The molecule has 136 valence electrons. The van der Waals surface area contributed by atoms with Crippen LogP contribution in [-0.4, -0.2) is 31.6 Å². The molecular weight excluding hydrogens is 332 g/mol. The van der Waals surface area contributed by atoms with Crippen molar-refractivity contribution in [1.29, 1.82) is 0 Å². The van der Waals surface area contributed by atoms with E-state index in [0.717, 1.165) is 18.4 Å². The maximum Gasteiger partial charge on any atom is 0.262 e. The Bertz CT molecular complexity index is 815. The summed E-state index contributed by atoms with van der Waals surface area (Å²) >= 11 is 0. The molecule has 0 saturated heterocycles. The third-order valence-electron chi connectivity index (χ3n) is 4.00. The van der Waals surface area contributed by atoms with E-state index < -0.39 is 0 Å². The van der Waals surface area contributed by atoms with Gasteiger partial charge >= 0.3 is 0 Å². The Balaban J connectivity index is 1.57. The summed E-state index contributed by atoms with van der Waals surface area (Å²) in [6.07, 6.45) is 2.06. The van der Waals surface area contributed by atoms with Gasteiger partial charge in [0.05, 0.1) is 7.11 Å². The van der Waals surface area contributed by atoms with E-state index in [9.17, 15) is 9.59 Å². The lowest BCUT2D eigenvalue weighted by Gasteiger charge is -2.12. The van der Waals surface area contributed by atoms with Gasteiger partial charge in [-0.1, -0.05) is 12.1 Å². The number of ether oxygens (including phenoxy) is 2. The molecule has 0 aliphatic heterocycles. The number of carbonyl (C=O) groups excluding carboxylic acids is 2. The molecule has 6 nitrogen and oxygen atoms in total. The number of benzene rings is 2. The zero-order chi connectivity index (χ0) is 18.5. The fourth-order valence-corrected chi connectivity index (χ4v) is 2.47. The molecule has 0 bridgehead atoms. The topological polar surface area (TPSA) is 76.7 Å². The molecule has 6 heteroatoms. The molecule has 26 heavy (non-hydrogen) atoms. The number of carbonyl (C=O) groups is 2. The Kier molecular flexibility index (Phi) is 5.41. The normalized spacial score (nSPS) is 13.0. The highest BCUT2D eigenvalue weighted by Gasteiger charge is 2.23. The van der Waals surface area contributed by atoms with E-state index in [1.807, 2.05) is 19.1 Å². The van der Waals surface area contributed by atoms with Crippen molar-refractivity contribution in [1.82, 2.24) is 5.32 Å². The maximum absolute atomic E-state index is 12.1. The minimum absolute atomic E-state index is 0.121. The van der Waals surface area contributed by atoms with Crippen LogP contribution in [0.4, 0.5) is 5.69 Å². The van der Waals surface area contributed by atoms with Crippen LogP contribution in [0.2, 0.25) is 0 Å². The van der Waals surface area contributed by atoms with Crippen molar-refractivity contribution in [3.8, 4) is 11.5 Å². The predicted molar refractivity (Wildman–Crippen MR) is 98.8 cm³/mol. The van der Waals surface area contributed by atoms with E-state index in [2.05, 4.69) is 10.6 Å². The lowest BCUT2D eigenvalue weighted by atomic mass is 10.2. The van der Waals surface area contributed by atoms with E-state index in [1.54, 1.807) is 37.4 Å². The first-order valence-corrected chi connectivity index (χ1v) is 8.53. The monoisotopic (exact) mass is 354 g/mol. The molecule has 1 aliphatic carbocycles. The average molecular weight is 354 g/mol. The Morgan fingerprint density at radius 2 is 1.92 bits per heavy atom. The molecule has 0 unspecified atom stereocenters. The summed E-state index contributed by atoms with van der Waals surface area (Å²) in [6, 6.07) is 12.6. The van der Waals surface area contributed by atoms with Gasteiger partial charge in [-0.25, -0.2) is 0 Å². The summed E-state index contributed by atoms with van der Waals surface area (Å²) in [6.45, 7) is 1.79.